The average molecular weight is 233 g/mol. The third kappa shape index (κ3) is 2.30. The number of thioether (sulfide) groups is 1. The van der Waals surface area contributed by atoms with Crippen molar-refractivity contribution in [2.45, 2.75) is 25.4 Å². The first-order chi connectivity index (χ1) is 6.81. The lowest BCUT2D eigenvalue weighted by Crippen LogP contribution is -1.98. The molecule has 0 fully saturated rings. The van der Waals surface area contributed by atoms with Crippen molar-refractivity contribution in [2.75, 3.05) is 7.11 Å². The highest BCUT2D eigenvalue weighted by Gasteiger charge is 2.19. The van der Waals surface area contributed by atoms with Crippen LogP contribution in [-0.2, 0) is 11.5 Å². The normalized spacial score (nSPS) is 12.9. The van der Waals surface area contributed by atoms with Crippen LogP contribution in [0, 0.1) is 0 Å². The Morgan fingerprint density at radius 2 is 2.00 bits per heavy atom. The zero-order chi connectivity index (χ0) is 10.6. The van der Waals surface area contributed by atoms with Crippen LogP contribution in [0.15, 0.2) is 0 Å². The fourth-order valence-corrected chi connectivity index (χ4v) is 2.37. The van der Waals surface area contributed by atoms with Gasteiger partial charge >= 0.3 is 0 Å². The van der Waals surface area contributed by atoms with Gasteiger partial charge in [0, 0.05) is 17.1 Å². The van der Waals surface area contributed by atoms with Gasteiger partial charge in [-0.2, -0.15) is 16.7 Å². The van der Waals surface area contributed by atoms with E-state index in [2.05, 4.69) is 9.97 Å². The van der Waals surface area contributed by atoms with Crippen LogP contribution in [-0.4, -0.2) is 17.1 Å². The molecule has 1 aliphatic heterocycles. The molecule has 1 aromatic rings. The summed E-state index contributed by atoms with van der Waals surface area (Å²) in [6.07, 6.45) is 0. The van der Waals surface area contributed by atoms with Gasteiger partial charge in [0.05, 0.1) is 12.8 Å². The zero-order valence-corrected chi connectivity index (χ0v) is 10.1. The van der Waals surface area contributed by atoms with Crippen molar-refractivity contribution >= 4 is 23.4 Å². The van der Waals surface area contributed by atoms with Crippen LogP contribution < -0.4 is 4.74 Å². The first-order valence-electron chi connectivity index (χ1n) is 4.48. The molecule has 0 aromatic carbocycles. The van der Waals surface area contributed by atoms with Crippen LogP contribution in [0.3, 0.4) is 0 Å². The molecule has 0 aliphatic carbocycles. The Morgan fingerprint density at radius 3 is 2.64 bits per heavy atom. The monoisotopic (exact) mass is 232 g/mol. The molecule has 14 heavy (non-hydrogen) atoms. The van der Waals surface area contributed by atoms with E-state index in [4.69, 9.17) is 16.3 Å². The molecule has 0 radical (unpaired) electrons. The second kappa shape index (κ2) is 5.41. The Morgan fingerprint density at radius 1 is 1.29 bits per heavy atom. The van der Waals surface area contributed by atoms with E-state index in [0.717, 1.165) is 22.8 Å². The number of halogens is 1. The highest BCUT2D eigenvalue weighted by Crippen LogP contribution is 2.34. The summed E-state index contributed by atoms with van der Waals surface area (Å²) < 4.78 is 5.09. The van der Waals surface area contributed by atoms with Crippen LogP contribution in [0.25, 0.3) is 0 Å². The summed E-state index contributed by atoms with van der Waals surface area (Å²) in [5.74, 6) is 2.46. The number of fused-ring (bicyclic) bond motifs is 1. The van der Waals surface area contributed by atoms with Crippen LogP contribution in [0.4, 0.5) is 0 Å². The Balaban J connectivity index is 0.000000461. The first kappa shape index (κ1) is 11.6. The molecule has 5 heteroatoms. The number of ether oxygens (including phenoxy) is 1. The van der Waals surface area contributed by atoms with Crippen LogP contribution in [0.1, 0.15) is 25.1 Å². The molecule has 0 atom stereocenters. The largest absolute Gasteiger partial charge is 0.481 e. The smallest absolute Gasteiger partial charge is 0.225 e. The van der Waals surface area contributed by atoms with Crippen molar-refractivity contribution in [1.82, 2.24) is 9.97 Å². The van der Waals surface area contributed by atoms with E-state index in [1.807, 2.05) is 13.8 Å². The van der Waals surface area contributed by atoms with Crippen molar-refractivity contribution in [1.29, 1.82) is 0 Å². The summed E-state index contributed by atoms with van der Waals surface area (Å²) >= 11 is 7.50. The van der Waals surface area contributed by atoms with E-state index in [1.165, 1.54) is 0 Å². The van der Waals surface area contributed by atoms with Crippen molar-refractivity contribution < 1.29 is 4.74 Å². The molecule has 0 amide bonds. The third-order valence-corrected chi connectivity index (χ3v) is 2.85. The molecule has 78 valence electrons. The molecule has 0 spiro atoms. The predicted molar refractivity (Wildman–Crippen MR) is 59.9 cm³/mol. The van der Waals surface area contributed by atoms with E-state index in [9.17, 15) is 0 Å². The lowest BCUT2D eigenvalue weighted by Gasteiger charge is -2.03. The predicted octanol–water partition coefficient (Wildman–Crippen LogP) is 2.91. The Hall–Kier alpha value is -0.480. The van der Waals surface area contributed by atoms with Gasteiger partial charge < -0.3 is 4.74 Å². The zero-order valence-electron chi connectivity index (χ0n) is 8.50. The Labute approximate surface area is 93.2 Å². The number of methoxy groups -OCH3 is 1. The van der Waals surface area contributed by atoms with Gasteiger partial charge in [-0.3, -0.25) is 0 Å². The molecule has 2 rings (SSSR count). The van der Waals surface area contributed by atoms with E-state index in [-0.39, 0.29) is 5.28 Å². The van der Waals surface area contributed by atoms with Gasteiger partial charge in [0.15, 0.2) is 0 Å². The molecular weight excluding hydrogens is 220 g/mol. The fourth-order valence-electron chi connectivity index (χ4n) is 1.16. The second-order valence-corrected chi connectivity index (χ2v) is 3.74. The number of hydrogen-bond donors (Lipinski definition) is 0. The molecule has 0 N–H and O–H groups in total. The van der Waals surface area contributed by atoms with E-state index >= 15 is 0 Å². The Kier molecular flexibility index (Phi) is 4.48. The van der Waals surface area contributed by atoms with Crippen molar-refractivity contribution in [3.05, 3.63) is 16.5 Å². The van der Waals surface area contributed by atoms with Crippen LogP contribution >= 0.6 is 23.4 Å². The summed E-state index contributed by atoms with van der Waals surface area (Å²) in [5.41, 5.74) is 2.10. The maximum Gasteiger partial charge on any atom is 0.225 e. The van der Waals surface area contributed by atoms with Crippen LogP contribution in [0.5, 0.6) is 5.88 Å². The Bertz CT molecular complexity index is 320. The minimum absolute atomic E-state index is 0.271. The average Bonchev–Trinajstić information content (AvgIpc) is 2.67. The minimum atomic E-state index is 0.271. The lowest BCUT2D eigenvalue weighted by molar-refractivity contribution is 0.392. The van der Waals surface area contributed by atoms with Gasteiger partial charge in [0.1, 0.15) is 0 Å². The summed E-state index contributed by atoms with van der Waals surface area (Å²) in [7, 11) is 1.60. The molecule has 3 nitrogen and oxygen atoms in total. The molecule has 0 saturated carbocycles. The molecule has 2 heterocycles. The van der Waals surface area contributed by atoms with Crippen molar-refractivity contribution in [3.63, 3.8) is 0 Å². The maximum atomic E-state index is 5.70. The molecule has 0 unspecified atom stereocenters. The molecule has 0 saturated heterocycles. The second-order valence-electron chi connectivity index (χ2n) is 2.42. The topological polar surface area (TPSA) is 35.0 Å². The number of aromatic nitrogens is 2. The summed E-state index contributed by atoms with van der Waals surface area (Å²) in [4.78, 5) is 8.10. The number of nitrogens with zero attached hydrogens (tertiary/aromatic N) is 2. The van der Waals surface area contributed by atoms with Gasteiger partial charge in [0.25, 0.3) is 0 Å². The molecule has 1 aliphatic rings. The summed E-state index contributed by atoms with van der Waals surface area (Å²) in [6.45, 7) is 4.00. The van der Waals surface area contributed by atoms with Gasteiger partial charge in [-0.1, -0.05) is 13.8 Å². The number of rotatable bonds is 1. The highest BCUT2D eigenvalue weighted by molar-refractivity contribution is 7.98. The van der Waals surface area contributed by atoms with Crippen LogP contribution in [0.2, 0.25) is 5.28 Å². The first-order valence-corrected chi connectivity index (χ1v) is 6.01. The van der Waals surface area contributed by atoms with Crippen molar-refractivity contribution in [3.8, 4) is 5.88 Å². The highest BCUT2D eigenvalue weighted by atomic mass is 35.5. The molecular formula is C9H13ClN2OS. The van der Waals surface area contributed by atoms with Gasteiger partial charge in [-0.05, 0) is 11.6 Å². The van der Waals surface area contributed by atoms with Gasteiger partial charge in [0.2, 0.25) is 11.2 Å². The minimum Gasteiger partial charge on any atom is -0.481 e. The van der Waals surface area contributed by atoms with E-state index in [0.29, 0.717) is 5.88 Å². The standard InChI is InChI=1S/C7H7ClN2OS.C2H6/c1-11-6-4-2-12-3-5(4)9-7(8)10-6;1-2/h2-3H2,1H3;1-2H3. The number of hydrogen-bond acceptors (Lipinski definition) is 4. The van der Waals surface area contributed by atoms with E-state index < -0.39 is 0 Å². The third-order valence-electron chi connectivity index (χ3n) is 1.71. The summed E-state index contributed by atoms with van der Waals surface area (Å²) in [5, 5.41) is 0.271. The molecule has 0 bridgehead atoms. The van der Waals surface area contributed by atoms with Gasteiger partial charge in [-0.15, -0.1) is 0 Å². The maximum absolute atomic E-state index is 5.70. The van der Waals surface area contributed by atoms with Gasteiger partial charge in [-0.25, -0.2) is 4.98 Å². The van der Waals surface area contributed by atoms with Crippen molar-refractivity contribution in [2.24, 2.45) is 0 Å². The lowest BCUT2D eigenvalue weighted by atomic mass is 10.3. The SMILES string of the molecule is CC.COc1nc(Cl)nc2c1CSC2. The summed E-state index contributed by atoms with van der Waals surface area (Å²) in [6, 6.07) is 0. The molecule has 1 aromatic heterocycles. The quantitative estimate of drug-likeness (QED) is 0.698. The fraction of sp³-hybridized carbons (Fsp3) is 0.556. The van der Waals surface area contributed by atoms with E-state index in [1.54, 1.807) is 18.9 Å².